The van der Waals surface area contributed by atoms with Gasteiger partial charge in [0.25, 0.3) is 0 Å². The maximum Gasteiger partial charge on any atom is 0.0973 e. The van der Waals surface area contributed by atoms with Crippen molar-refractivity contribution in [3.63, 3.8) is 0 Å². The highest BCUT2D eigenvalue weighted by Gasteiger charge is 2.02. The summed E-state index contributed by atoms with van der Waals surface area (Å²) in [5, 5.41) is 4.51. The zero-order chi connectivity index (χ0) is 13.2. The third kappa shape index (κ3) is 2.67. The van der Waals surface area contributed by atoms with Gasteiger partial charge in [-0.1, -0.05) is 35.3 Å². The predicted molar refractivity (Wildman–Crippen MR) is 79.8 cm³/mol. The van der Waals surface area contributed by atoms with Crippen LogP contribution >= 0.6 is 23.2 Å². The van der Waals surface area contributed by atoms with Crippen LogP contribution in [0.5, 0.6) is 0 Å². The number of para-hydroxylation sites is 2. The first-order valence-corrected chi connectivity index (χ1v) is 6.58. The minimum atomic E-state index is 0.608. The minimum Gasteiger partial charge on any atom is -0.367 e. The molecule has 0 bridgehead atoms. The second-order valence-corrected chi connectivity index (χ2v) is 5.07. The lowest BCUT2D eigenvalue weighted by Gasteiger charge is -2.09. The second-order valence-electron chi connectivity index (χ2n) is 4.20. The monoisotopic (exact) mass is 291 g/mol. The summed E-state index contributed by atoms with van der Waals surface area (Å²) in [7, 11) is 0. The predicted octanol–water partition coefficient (Wildman–Crippen LogP) is 4.41. The van der Waals surface area contributed by atoms with Crippen molar-refractivity contribution >= 4 is 39.9 Å². The summed E-state index contributed by atoms with van der Waals surface area (Å²) in [6.45, 7) is 0.608. The van der Waals surface area contributed by atoms with Gasteiger partial charge in [0.2, 0.25) is 0 Å². The first kappa shape index (κ1) is 12.3. The molecule has 0 aliphatic carbocycles. The van der Waals surface area contributed by atoms with Crippen molar-refractivity contribution < 1.29 is 0 Å². The Balaban J connectivity index is 1.82. The summed E-state index contributed by atoms with van der Waals surface area (Å²) in [6, 6.07) is 13.4. The van der Waals surface area contributed by atoms with Gasteiger partial charge in [-0.25, -0.2) is 4.98 Å². The average molecular weight is 292 g/mol. The molecule has 2 aromatic carbocycles. The number of hydrogen-bond donors (Lipinski definition) is 1. The van der Waals surface area contributed by atoms with Gasteiger partial charge in [-0.15, -0.1) is 0 Å². The highest BCUT2D eigenvalue weighted by atomic mass is 35.5. The van der Waals surface area contributed by atoms with E-state index in [9.17, 15) is 0 Å². The zero-order valence-electron chi connectivity index (χ0n) is 9.98. The largest absolute Gasteiger partial charge is 0.367 e. The molecule has 0 radical (unpaired) electrons. The summed E-state index contributed by atoms with van der Waals surface area (Å²) in [4.78, 5) is 4.34. The summed E-state index contributed by atoms with van der Waals surface area (Å²) in [5.74, 6) is 0. The van der Waals surface area contributed by atoms with Crippen LogP contribution in [0.3, 0.4) is 0 Å². The number of nitrogens with one attached hydrogen (secondary N) is 1. The first-order chi connectivity index (χ1) is 9.22. The first-order valence-electron chi connectivity index (χ1n) is 5.82. The van der Waals surface area contributed by atoms with Crippen LogP contribution in [0.15, 0.2) is 48.8 Å². The van der Waals surface area contributed by atoms with E-state index >= 15 is 0 Å². The van der Waals surface area contributed by atoms with Gasteiger partial charge in [0.05, 0.1) is 24.0 Å². The molecular formula is C14H11Cl2N3. The third-order valence-corrected chi connectivity index (χ3v) is 3.28. The van der Waals surface area contributed by atoms with Crippen LogP contribution < -0.4 is 5.32 Å². The van der Waals surface area contributed by atoms with Crippen LogP contribution in [0.4, 0.5) is 5.69 Å². The number of halogens is 2. The fourth-order valence-corrected chi connectivity index (χ4v) is 2.49. The van der Waals surface area contributed by atoms with Crippen LogP contribution in [0.25, 0.3) is 11.0 Å². The number of imidazole rings is 1. The Morgan fingerprint density at radius 1 is 1.05 bits per heavy atom. The average Bonchev–Trinajstić information content (AvgIpc) is 2.78. The Hall–Kier alpha value is -1.71. The molecule has 5 heteroatoms. The number of rotatable bonds is 3. The summed E-state index contributed by atoms with van der Waals surface area (Å²) < 4.78 is 2.03. The normalized spacial score (nSPS) is 10.8. The fourth-order valence-electron chi connectivity index (χ4n) is 1.97. The van der Waals surface area contributed by atoms with E-state index in [1.807, 2.05) is 47.3 Å². The van der Waals surface area contributed by atoms with Gasteiger partial charge in [0.1, 0.15) is 0 Å². The van der Waals surface area contributed by atoms with Crippen LogP contribution in [-0.2, 0) is 6.67 Å². The van der Waals surface area contributed by atoms with E-state index < -0.39 is 0 Å². The maximum absolute atomic E-state index is 5.96. The van der Waals surface area contributed by atoms with Crippen molar-refractivity contribution in [3.8, 4) is 0 Å². The molecule has 1 aromatic heterocycles. The van der Waals surface area contributed by atoms with Crippen LogP contribution in [0.1, 0.15) is 0 Å². The van der Waals surface area contributed by atoms with Gasteiger partial charge in [0.15, 0.2) is 0 Å². The van der Waals surface area contributed by atoms with E-state index in [1.165, 1.54) is 0 Å². The summed E-state index contributed by atoms with van der Waals surface area (Å²) in [6.07, 6.45) is 1.81. The number of anilines is 1. The smallest absolute Gasteiger partial charge is 0.0973 e. The Bertz CT molecular complexity index is 701. The molecule has 3 aromatic rings. The molecule has 0 amide bonds. The highest BCUT2D eigenvalue weighted by Crippen LogP contribution is 2.22. The van der Waals surface area contributed by atoms with E-state index in [1.54, 1.807) is 6.07 Å². The highest BCUT2D eigenvalue weighted by molar-refractivity contribution is 6.35. The molecule has 0 saturated heterocycles. The van der Waals surface area contributed by atoms with Crippen molar-refractivity contribution in [3.05, 3.63) is 58.8 Å². The Labute approximate surface area is 120 Å². The van der Waals surface area contributed by atoms with Crippen LogP contribution in [0.2, 0.25) is 10.0 Å². The van der Waals surface area contributed by atoms with E-state index in [0.29, 0.717) is 16.7 Å². The molecule has 0 saturated carbocycles. The van der Waals surface area contributed by atoms with Crippen molar-refractivity contribution in [1.29, 1.82) is 0 Å². The van der Waals surface area contributed by atoms with Crippen molar-refractivity contribution in [2.45, 2.75) is 6.67 Å². The number of benzene rings is 2. The van der Waals surface area contributed by atoms with Gasteiger partial charge >= 0.3 is 0 Å². The lowest BCUT2D eigenvalue weighted by atomic mass is 10.3. The van der Waals surface area contributed by atoms with Gasteiger partial charge in [-0.3, -0.25) is 0 Å². The molecule has 1 heterocycles. The third-order valence-electron chi connectivity index (χ3n) is 2.84. The molecule has 1 N–H and O–H groups in total. The van der Waals surface area contributed by atoms with Gasteiger partial charge in [-0.05, 0) is 30.3 Å². The Morgan fingerprint density at radius 3 is 2.58 bits per heavy atom. The molecule has 0 unspecified atom stereocenters. The minimum absolute atomic E-state index is 0.608. The molecule has 0 aliphatic rings. The molecule has 19 heavy (non-hydrogen) atoms. The topological polar surface area (TPSA) is 29.9 Å². The molecule has 0 atom stereocenters. The van der Waals surface area contributed by atoms with Crippen LogP contribution in [-0.4, -0.2) is 9.55 Å². The Morgan fingerprint density at radius 2 is 1.79 bits per heavy atom. The number of nitrogens with zero attached hydrogens (tertiary/aromatic N) is 2. The molecule has 96 valence electrons. The summed E-state index contributed by atoms with van der Waals surface area (Å²) >= 11 is 11.9. The van der Waals surface area contributed by atoms with Gasteiger partial charge in [0, 0.05) is 15.7 Å². The van der Waals surface area contributed by atoms with E-state index in [4.69, 9.17) is 23.2 Å². The lowest BCUT2D eigenvalue weighted by Crippen LogP contribution is -2.06. The Kier molecular flexibility index (Phi) is 3.32. The van der Waals surface area contributed by atoms with E-state index in [-0.39, 0.29) is 0 Å². The van der Waals surface area contributed by atoms with Crippen LogP contribution in [0, 0.1) is 0 Å². The van der Waals surface area contributed by atoms with Crippen molar-refractivity contribution in [2.24, 2.45) is 0 Å². The maximum atomic E-state index is 5.96. The summed E-state index contributed by atoms with van der Waals surface area (Å²) in [5.41, 5.74) is 2.95. The quantitative estimate of drug-likeness (QED) is 0.774. The number of fused-ring (bicyclic) bond motifs is 1. The number of aromatic nitrogens is 2. The van der Waals surface area contributed by atoms with Gasteiger partial charge in [-0.2, -0.15) is 0 Å². The zero-order valence-corrected chi connectivity index (χ0v) is 11.5. The lowest BCUT2D eigenvalue weighted by molar-refractivity contribution is 0.800. The van der Waals surface area contributed by atoms with Gasteiger partial charge < -0.3 is 9.88 Å². The SMILES string of the molecule is Clc1cc(Cl)cc(NCn2cnc3ccccc32)c1. The number of hydrogen-bond acceptors (Lipinski definition) is 2. The second kappa shape index (κ2) is 5.11. The fraction of sp³-hybridized carbons (Fsp3) is 0.0714. The molecule has 0 spiro atoms. The molecule has 3 rings (SSSR count). The standard InChI is InChI=1S/C14H11Cl2N3/c15-10-5-11(16)7-12(6-10)17-8-19-9-18-13-3-1-2-4-14(13)19/h1-7,9,17H,8H2. The van der Waals surface area contributed by atoms with Crippen molar-refractivity contribution in [1.82, 2.24) is 9.55 Å². The van der Waals surface area contributed by atoms with E-state index in [0.717, 1.165) is 16.7 Å². The van der Waals surface area contributed by atoms with Crippen molar-refractivity contribution in [2.75, 3.05) is 5.32 Å². The molecule has 0 aliphatic heterocycles. The molecule has 3 nitrogen and oxygen atoms in total. The molecule has 0 fully saturated rings. The van der Waals surface area contributed by atoms with E-state index in [2.05, 4.69) is 10.3 Å². The molecular weight excluding hydrogens is 281 g/mol.